The molecule has 1 aromatic heterocycles. The van der Waals surface area contributed by atoms with Crippen LogP contribution in [-0.2, 0) is 0 Å². The number of alkyl halides is 1. The SMILES string of the molecule is ClCCNc1nncc(-c2ccccc2)n1. The van der Waals surface area contributed by atoms with E-state index in [1.807, 2.05) is 30.3 Å². The molecular weight excluding hydrogens is 224 g/mol. The fourth-order valence-corrected chi connectivity index (χ4v) is 1.38. The Balaban J connectivity index is 2.22. The highest BCUT2D eigenvalue weighted by Crippen LogP contribution is 2.15. The molecule has 0 fully saturated rings. The predicted octanol–water partition coefficient (Wildman–Crippen LogP) is 2.19. The molecular formula is C11H11ClN4. The second-order valence-corrected chi connectivity index (χ2v) is 3.52. The normalized spacial score (nSPS) is 10.1. The van der Waals surface area contributed by atoms with Crippen LogP contribution in [0.15, 0.2) is 36.5 Å². The largest absolute Gasteiger partial charge is 0.352 e. The van der Waals surface area contributed by atoms with E-state index in [0.29, 0.717) is 18.4 Å². The van der Waals surface area contributed by atoms with Gasteiger partial charge in [-0.05, 0) is 0 Å². The van der Waals surface area contributed by atoms with E-state index in [1.54, 1.807) is 6.20 Å². The van der Waals surface area contributed by atoms with Crippen molar-refractivity contribution in [2.45, 2.75) is 0 Å². The zero-order chi connectivity index (χ0) is 11.2. The number of aromatic nitrogens is 3. The van der Waals surface area contributed by atoms with Crippen molar-refractivity contribution in [1.82, 2.24) is 15.2 Å². The predicted molar refractivity (Wildman–Crippen MR) is 64.5 cm³/mol. The Morgan fingerprint density at radius 2 is 2.00 bits per heavy atom. The Labute approximate surface area is 98.7 Å². The van der Waals surface area contributed by atoms with Crippen molar-refractivity contribution < 1.29 is 0 Å². The second-order valence-electron chi connectivity index (χ2n) is 3.15. The number of halogens is 1. The van der Waals surface area contributed by atoms with Crippen LogP contribution in [0.2, 0.25) is 0 Å². The van der Waals surface area contributed by atoms with E-state index in [4.69, 9.17) is 11.6 Å². The van der Waals surface area contributed by atoms with Crippen LogP contribution < -0.4 is 5.32 Å². The summed E-state index contributed by atoms with van der Waals surface area (Å²) in [7, 11) is 0. The van der Waals surface area contributed by atoms with Gasteiger partial charge in [0.15, 0.2) is 0 Å². The topological polar surface area (TPSA) is 50.7 Å². The van der Waals surface area contributed by atoms with Crippen LogP contribution in [-0.4, -0.2) is 27.6 Å². The maximum absolute atomic E-state index is 5.57. The molecule has 0 radical (unpaired) electrons. The summed E-state index contributed by atoms with van der Waals surface area (Å²) in [4.78, 5) is 4.34. The number of benzene rings is 1. The summed E-state index contributed by atoms with van der Waals surface area (Å²) in [6.45, 7) is 0.626. The average Bonchev–Trinajstić information content (AvgIpc) is 2.38. The van der Waals surface area contributed by atoms with Crippen molar-refractivity contribution in [3.05, 3.63) is 36.5 Å². The van der Waals surface area contributed by atoms with Crippen molar-refractivity contribution in [3.8, 4) is 11.3 Å². The van der Waals surface area contributed by atoms with Gasteiger partial charge < -0.3 is 5.32 Å². The molecule has 5 heteroatoms. The standard InChI is InChI=1S/C11H11ClN4/c12-6-7-13-11-15-10(8-14-16-11)9-4-2-1-3-5-9/h1-5,8H,6-7H2,(H,13,15,16). The van der Waals surface area contributed by atoms with E-state index in [-0.39, 0.29) is 0 Å². The van der Waals surface area contributed by atoms with Crippen molar-refractivity contribution in [2.24, 2.45) is 0 Å². The molecule has 0 spiro atoms. The van der Waals surface area contributed by atoms with Crippen LogP contribution in [0.25, 0.3) is 11.3 Å². The molecule has 0 aliphatic rings. The van der Waals surface area contributed by atoms with Crippen molar-refractivity contribution in [1.29, 1.82) is 0 Å². The lowest BCUT2D eigenvalue weighted by molar-refractivity contribution is 0.960. The van der Waals surface area contributed by atoms with Gasteiger partial charge >= 0.3 is 0 Å². The van der Waals surface area contributed by atoms with Gasteiger partial charge in [0.05, 0.1) is 11.9 Å². The van der Waals surface area contributed by atoms with Crippen LogP contribution in [0.4, 0.5) is 5.95 Å². The molecule has 16 heavy (non-hydrogen) atoms. The molecule has 1 N–H and O–H groups in total. The third kappa shape index (κ3) is 2.67. The van der Waals surface area contributed by atoms with E-state index in [9.17, 15) is 0 Å². The lowest BCUT2D eigenvalue weighted by Crippen LogP contribution is -2.07. The highest BCUT2D eigenvalue weighted by atomic mass is 35.5. The summed E-state index contributed by atoms with van der Waals surface area (Å²) in [5.41, 5.74) is 1.82. The number of nitrogens with zero attached hydrogens (tertiary/aromatic N) is 3. The lowest BCUT2D eigenvalue weighted by atomic mass is 10.2. The third-order valence-electron chi connectivity index (χ3n) is 2.01. The van der Waals surface area contributed by atoms with Gasteiger partial charge in [-0.3, -0.25) is 0 Å². The minimum atomic E-state index is 0.502. The first-order valence-electron chi connectivity index (χ1n) is 4.95. The van der Waals surface area contributed by atoms with E-state index >= 15 is 0 Å². The molecule has 0 saturated heterocycles. The average molecular weight is 235 g/mol. The van der Waals surface area contributed by atoms with Gasteiger partial charge in [-0.1, -0.05) is 30.3 Å². The van der Waals surface area contributed by atoms with Gasteiger partial charge in [-0.2, -0.15) is 5.10 Å². The van der Waals surface area contributed by atoms with E-state index < -0.39 is 0 Å². The van der Waals surface area contributed by atoms with E-state index in [1.165, 1.54) is 0 Å². The van der Waals surface area contributed by atoms with Gasteiger partial charge in [-0.15, -0.1) is 16.7 Å². The number of hydrogen-bond acceptors (Lipinski definition) is 4. The number of rotatable bonds is 4. The Hall–Kier alpha value is -1.68. The Morgan fingerprint density at radius 1 is 1.19 bits per heavy atom. The van der Waals surface area contributed by atoms with Gasteiger partial charge in [0, 0.05) is 18.0 Å². The second kappa shape index (κ2) is 5.42. The van der Waals surface area contributed by atoms with Gasteiger partial charge in [0.2, 0.25) is 5.95 Å². The molecule has 0 saturated carbocycles. The van der Waals surface area contributed by atoms with Crippen LogP contribution in [0, 0.1) is 0 Å². The monoisotopic (exact) mass is 234 g/mol. The third-order valence-corrected chi connectivity index (χ3v) is 2.19. The maximum Gasteiger partial charge on any atom is 0.243 e. The Kier molecular flexibility index (Phi) is 3.66. The first-order valence-corrected chi connectivity index (χ1v) is 5.48. The first-order chi connectivity index (χ1) is 7.90. The molecule has 1 heterocycles. The smallest absolute Gasteiger partial charge is 0.243 e. The van der Waals surface area contributed by atoms with Crippen LogP contribution in [0.5, 0.6) is 0 Å². The summed E-state index contributed by atoms with van der Waals surface area (Å²) in [6, 6.07) is 9.85. The summed E-state index contributed by atoms with van der Waals surface area (Å²) in [5.74, 6) is 1.01. The molecule has 4 nitrogen and oxygen atoms in total. The number of hydrogen-bond donors (Lipinski definition) is 1. The molecule has 1 aromatic carbocycles. The minimum Gasteiger partial charge on any atom is -0.352 e. The summed E-state index contributed by atoms with van der Waals surface area (Å²) in [5, 5.41) is 10.8. The molecule has 0 atom stereocenters. The first kappa shape index (κ1) is 10.8. The van der Waals surface area contributed by atoms with Crippen molar-refractivity contribution in [3.63, 3.8) is 0 Å². The van der Waals surface area contributed by atoms with Gasteiger partial charge in [0.1, 0.15) is 0 Å². The van der Waals surface area contributed by atoms with Crippen LogP contribution in [0.1, 0.15) is 0 Å². The quantitative estimate of drug-likeness (QED) is 0.824. The summed E-state index contributed by atoms with van der Waals surface area (Å²) >= 11 is 5.57. The molecule has 2 aromatic rings. The summed E-state index contributed by atoms with van der Waals surface area (Å²) in [6.07, 6.45) is 1.64. The molecule has 0 aliphatic heterocycles. The van der Waals surface area contributed by atoms with Crippen LogP contribution in [0.3, 0.4) is 0 Å². The Morgan fingerprint density at radius 3 is 2.75 bits per heavy atom. The number of nitrogens with one attached hydrogen (secondary N) is 1. The molecule has 0 aliphatic carbocycles. The van der Waals surface area contributed by atoms with Crippen molar-refractivity contribution in [2.75, 3.05) is 17.7 Å². The lowest BCUT2D eigenvalue weighted by Gasteiger charge is -2.03. The van der Waals surface area contributed by atoms with Crippen LogP contribution >= 0.6 is 11.6 Å². The highest BCUT2D eigenvalue weighted by Gasteiger charge is 2.01. The molecule has 0 amide bonds. The summed E-state index contributed by atoms with van der Waals surface area (Å²) < 4.78 is 0. The number of anilines is 1. The van der Waals surface area contributed by atoms with E-state index in [2.05, 4.69) is 20.5 Å². The molecule has 0 unspecified atom stereocenters. The minimum absolute atomic E-state index is 0.502. The van der Waals surface area contributed by atoms with Gasteiger partial charge in [-0.25, -0.2) is 4.98 Å². The zero-order valence-corrected chi connectivity index (χ0v) is 9.35. The molecule has 2 rings (SSSR count). The van der Waals surface area contributed by atoms with Gasteiger partial charge in [0.25, 0.3) is 0 Å². The van der Waals surface area contributed by atoms with E-state index in [0.717, 1.165) is 11.3 Å². The van der Waals surface area contributed by atoms with Crippen molar-refractivity contribution >= 4 is 17.5 Å². The maximum atomic E-state index is 5.57. The zero-order valence-electron chi connectivity index (χ0n) is 8.60. The Bertz CT molecular complexity index is 447. The molecule has 0 bridgehead atoms. The highest BCUT2D eigenvalue weighted by molar-refractivity contribution is 6.18. The molecule has 82 valence electrons. The fourth-order valence-electron chi connectivity index (χ4n) is 1.29. The fraction of sp³-hybridized carbons (Fsp3) is 0.182.